The Balaban J connectivity index is 1.80. The van der Waals surface area contributed by atoms with E-state index in [0.717, 1.165) is 39.7 Å². The first-order chi connectivity index (χ1) is 16.1. The lowest BCUT2D eigenvalue weighted by molar-refractivity contribution is -0.116. The first kappa shape index (κ1) is 25.2. The van der Waals surface area contributed by atoms with Crippen molar-refractivity contribution in [2.24, 2.45) is 0 Å². The highest BCUT2D eigenvalue weighted by molar-refractivity contribution is 8.00. The van der Waals surface area contributed by atoms with E-state index in [0.29, 0.717) is 17.7 Å². The fourth-order valence-corrected chi connectivity index (χ4v) is 4.32. The SMILES string of the molecule is CCC(=O)Nc1ccc(C)cc1-c1nnc(SC(C)C(=O)Nc2c(C)cc(C)cc2C)[nH]c1=O. The zero-order chi connectivity index (χ0) is 25.0. The molecule has 1 heterocycles. The molecule has 178 valence electrons. The summed E-state index contributed by atoms with van der Waals surface area (Å²) in [4.78, 5) is 40.2. The maximum absolute atomic E-state index is 12.8. The Labute approximate surface area is 203 Å². The van der Waals surface area contributed by atoms with E-state index in [1.54, 1.807) is 26.0 Å². The maximum atomic E-state index is 12.8. The number of nitrogens with one attached hydrogen (secondary N) is 3. The molecule has 8 nitrogen and oxygen atoms in total. The van der Waals surface area contributed by atoms with Crippen LogP contribution in [-0.4, -0.2) is 32.2 Å². The van der Waals surface area contributed by atoms with Crippen molar-refractivity contribution in [2.75, 3.05) is 10.6 Å². The summed E-state index contributed by atoms with van der Waals surface area (Å²) in [6.45, 7) is 11.3. The van der Waals surface area contributed by atoms with E-state index in [-0.39, 0.29) is 22.7 Å². The topological polar surface area (TPSA) is 117 Å². The second-order valence-corrected chi connectivity index (χ2v) is 9.61. The van der Waals surface area contributed by atoms with Crippen LogP contribution in [0.3, 0.4) is 0 Å². The summed E-state index contributed by atoms with van der Waals surface area (Å²) in [7, 11) is 0. The fourth-order valence-electron chi connectivity index (χ4n) is 3.58. The third-order valence-corrected chi connectivity index (χ3v) is 6.26. The van der Waals surface area contributed by atoms with Gasteiger partial charge in [-0.15, -0.1) is 10.2 Å². The van der Waals surface area contributed by atoms with Crippen molar-refractivity contribution in [3.8, 4) is 11.3 Å². The molecule has 1 unspecified atom stereocenters. The summed E-state index contributed by atoms with van der Waals surface area (Å²) < 4.78 is 0. The average molecular weight is 480 g/mol. The van der Waals surface area contributed by atoms with E-state index in [1.807, 2.05) is 45.9 Å². The summed E-state index contributed by atoms with van der Waals surface area (Å²) in [5.41, 5.74) is 5.45. The number of amides is 2. The van der Waals surface area contributed by atoms with Gasteiger partial charge in [0.2, 0.25) is 11.8 Å². The Bertz CT molecular complexity index is 1280. The van der Waals surface area contributed by atoms with Crippen LogP contribution in [0.2, 0.25) is 0 Å². The molecule has 1 atom stereocenters. The van der Waals surface area contributed by atoms with Gasteiger partial charge >= 0.3 is 0 Å². The predicted molar refractivity (Wildman–Crippen MR) is 136 cm³/mol. The van der Waals surface area contributed by atoms with Crippen molar-refractivity contribution in [2.45, 2.75) is 58.4 Å². The van der Waals surface area contributed by atoms with Crippen LogP contribution < -0.4 is 16.2 Å². The summed E-state index contributed by atoms with van der Waals surface area (Å²) in [6.07, 6.45) is 0.312. The van der Waals surface area contributed by atoms with Crippen LogP contribution in [0.5, 0.6) is 0 Å². The molecule has 0 saturated heterocycles. The molecule has 1 aromatic heterocycles. The molecule has 2 amide bonds. The van der Waals surface area contributed by atoms with Gasteiger partial charge < -0.3 is 10.6 Å². The van der Waals surface area contributed by atoms with Crippen LogP contribution >= 0.6 is 11.8 Å². The highest BCUT2D eigenvalue weighted by Crippen LogP contribution is 2.27. The number of hydrogen-bond acceptors (Lipinski definition) is 6. The lowest BCUT2D eigenvalue weighted by atomic mass is 10.1. The van der Waals surface area contributed by atoms with Crippen molar-refractivity contribution < 1.29 is 9.59 Å². The quantitative estimate of drug-likeness (QED) is 0.429. The molecule has 0 radical (unpaired) electrons. The van der Waals surface area contributed by atoms with Crippen molar-refractivity contribution in [3.05, 3.63) is 62.9 Å². The number of H-pyrrole nitrogens is 1. The summed E-state index contributed by atoms with van der Waals surface area (Å²) in [5, 5.41) is 13.7. The molecule has 0 aliphatic rings. The average Bonchev–Trinajstić information content (AvgIpc) is 2.77. The van der Waals surface area contributed by atoms with E-state index < -0.39 is 10.8 Å². The Morgan fingerprint density at radius 3 is 2.29 bits per heavy atom. The van der Waals surface area contributed by atoms with Gasteiger partial charge in [0.05, 0.1) is 10.9 Å². The van der Waals surface area contributed by atoms with Crippen LogP contribution in [0.1, 0.15) is 42.5 Å². The number of aromatic amines is 1. The summed E-state index contributed by atoms with van der Waals surface area (Å²) >= 11 is 1.11. The number of hydrogen-bond donors (Lipinski definition) is 3. The molecular weight excluding hydrogens is 450 g/mol. The molecule has 3 rings (SSSR count). The third-order valence-electron chi connectivity index (χ3n) is 5.28. The highest BCUT2D eigenvalue weighted by Gasteiger charge is 2.20. The van der Waals surface area contributed by atoms with Gasteiger partial charge in [0, 0.05) is 17.7 Å². The van der Waals surface area contributed by atoms with E-state index in [2.05, 4.69) is 25.8 Å². The van der Waals surface area contributed by atoms with Crippen LogP contribution in [-0.2, 0) is 9.59 Å². The Hall–Kier alpha value is -3.46. The number of benzene rings is 2. The molecule has 0 saturated carbocycles. The Morgan fingerprint density at radius 2 is 1.68 bits per heavy atom. The van der Waals surface area contributed by atoms with Gasteiger partial charge in [0.1, 0.15) is 0 Å². The number of carbonyl (C=O) groups excluding carboxylic acids is 2. The van der Waals surface area contributed by atoms with E-state index in [4.69, 9.17) is 0 Å². The van der Waals surface area contributed by atoms with Crippen LogP contribution in [0.4, 0.5) is 11.4 Å². The minimum atomic E-state index is -0.519. The summed E-state index contributed by atoms with van der Waals surface area (Å²) in [6, 6.07) is 9.40. The van der Waals surface area contributed by atoms with Crippen molar-refractivity contribution in [3.63, 3.8) is 0 Å². The van der Waals surface area contributed by atoms with Crippen molar-refractivity contribution in [1.82, 2.24) is 15.2 Å². The zero-order valence-corrected chi connectivity index (χ0v) is 21.0. The number of thioether (sulfide) groups is 1. The van der Waals surface area contributed by atoms with Crippen molar-refractivity contribution in [1.29, 1.82) is 0 Å². The number of nitrogens with zero attached hydrogens (tertiary/aromatic N) is 2. The van der Waals surface area contributed by atoms with Gasteiger partial charge in [-0.3, -0.25) is 19.4 Å². The molecular formula is C25H29N5O3S. The smallest absolute Gasteiger partial charge is 0.278 e. The minimum absolute atomic E-state index is 0.0995. The van der Waals surface area contributed by atoms with Gasteiger partial charge in [-0.1, -0.05) is 48.0 Å². The molecule has 0 bridgehead atoms. The molecule has 3 N–H and O–H groups in total. The van der Waals surface area contributed by atoms with E-state index >= 15 is 0 Å². The van der Waals surface area contributed by atoms with Gasteiger partial charge in [-0.25, -0.2) is 0 Å². The normalized spacial score (nSPS) is 11.7. The van der Waals surface area contributed by atoms with Gasteiger partial charge in [-0.2, -0.15) is 0 Å². The Kier molecular flexibility index (Phi) is 7.88. The van der Waals surface area contributed by atoms with Crippen LogP contribution in [0, 0.1) is 27.7 Å². The minimum Gasteiger partial charge on any atom is -0.325 e. The Morgan fingerprint density at radius 1 is 1.00 bits per heavy atom. The number of aromatic nitrogens is 3. The standard InChI is InChI=1S/C25H29N5O3S/c1-7-20(31)26-19-9-8-13(2)12-18(19)22-24(33)28-25(30-29-22)34-17(6)23(32)27-21-15(4)10-14(3)11-16(21)5/h8-12,17H,7H2,1-6H3,(H,26,31)(H,27,32)(H,28,30,33). The zero-order valence-electron chi connectivity index (χ0n) is 20.2. The predicted octanol–water partition coefficient (Wildman–Crippen LogP) is 4.53. The second-order valence-electron chi connectivity index (χ2n) is 8.28. The molecule has 0 aliphatic carbocycles. The largest absolute Gasteiger partial charge is 0.325 e. The molecule has 34 heavy (non-hydrogen) atoms. The molecule has 2 aromatic carbocycles. The molecule has 9 heteroatoms. The maximum Gasteiger partial charge on any atom is 0.278 e. The fraction of sp³-hybridized carbons (Fsp3) is 0.320. The van der Waals surface area contributed by atoms with Gasteiger partial charge in [0.15, 0.2) is 10.9 Å². The van der Waals surface area contributed by atoms with Crippen molar-refractivity contribution >= 4 is 35.0 Å². The highest BCUT2D eigenvalue weighted by atomic mass is 32.2. The van der Waals surface area contributed by atoms with E-state index in [1.165, 1.54) is 0 Å². The molecule has 0 aliphatic heterocycles. The number of rotatable bonds is 7. The molecule has 0 spiro atoms. The van der Waals surface area contributed by atoms with E-state index in [9.17, 15) is 14.4 Å². The first-order valence-electron chi connectivity index (χ1n) is 11.0. The number of anilines is 2. The van der Waals surface area contributed by atoms with Gasteiger partial charge in [0.25, 0.3) is 5.56 Å². The molecule has 3 aromatic rings. The first-order valence-corrected chi connectivity index (χ1v) is 11.9. The monoisotopic (exact) mass is 479 g/mol. The lowest BCUT2D eigenvalue weighted by Crippen LogP contribution is -2.24. The third kappa shape index (κ3) is 5.91. The second kappa shape index (κ2) is 10.6. The van der Waals surface area contributed by atoms with Gasteiger partial charge in [-0.05, 0) is 57.9 Å². The number of aryl methyl sites for hydroxylation is 4. The number of carbonyl (C=O) groups is 2. The lowest BCUT2D eigenvalue weighted by Gasteiger charge is -2.16. The van der Waals surface area contributed by atoms with Crippen LogP contribution in [0.15, 0.2) is 40.3 Å². The summed E-state index contributed by atoms with van der Waals surface area (Å²) in [5.74, 6) is -0.365. The van der Waals surface area contributed by atoms with Crippen LogP contribution in [0.25, 0.3) is 11.3 Å². The molecule has 0 fully saturated rings.